The molecular formula is C11H17N3. The molecule has 76 valence electrons. The molecule has 0 atom stereocenters. The number of benzene rings is 1. The maximum Gasteiger partial charge on any atom is 0.203 e. The van der Waals surface area contributed by atoms with Crippen LogP contribution in [0.1, 0.15) is 13.8 Å². The van der Waals surface area contributed by atoms with Crippen LogP contribution in [0.25, 0.3) is 11.0 Å². The van der Waals surface area contributed by atoms with Gasteiger partial charge in [-0.15, -0.1) is 0 Å². The molecule has 1 aromatic heterocycles. The van der Waals surface area contributed by atoms with Gasteiger partial charge in [-0.05, 0) is 12.1 Å². The SMILES string of the molecule is CC.CNc1nc2ccccc2n1C. The van der Waals surface area contributed by atoms with Crippen molar-refractivity contribution in [1.29, 1.82) is 0 Å². The summed E-state index contributed by atoms with van der Waals surface area (Å²) >= 11 is 0. The largest absolute Gasteiger partial charge is 0.359 e. The van der Waals surface area contributed by atoms with E-state index in [4.69, 9.17) is 0 Å². The van der Waals surface area contributed by atoms with Gasteiger partial charge in [-0.2, -0.15) is 0 Å². The van der Waals surface area contributed by atoms with Crippen molar-refractivity contribution in [2.75, 3.05) is 12.4 Å². The van der Waals surface area contributed by atoms with Crippen molar-refractivity contribution in [3.63, 3.8) is 0 Å². The zero-order chi connectivity index (χ0) is 10.6. The maximum atomic E-state index is 4.38. The van der Waals surface area contributed by atoms with Crippen molar-refractivity contribution in [1.82, 2.24) is 9.55 Å². The van der Waals surface area contributed by atoms with E-state index in [2.05, 4.69) is 16.4 Å². The maximum absolute atomic E-state index is 4.38. The molecule has 1 aromatic carbocycles. The molecule has 0 fully saturated rings. The predicted octanol–water partition coefficient (Wildman–Crippen LogP) is 2.64. The monoisotopic (exact) mass is 191 g/mol. The van der Waals surface area contributed by atoms with Crippen molar-refractivity contribution in [2.24, 2.45) is 7.05 Å². The molecule has 14 heavy (non-hydrogen) atoms. The van der Waals surface area contributed by atoms with Crippen LogP contribution in [0, 0.1) is 0 Å². The first-order chi connectivity index (χ1) is 6.83. The number of nitrogens with zero attached hydrogens (tertiary/aromatic N) is 2. The second-order valence-corrected chi connectivity index (χ2v) is 2.73. The fourth-order valence-corrected chi connectivity index (χ4v) is 1.37. The molecule has 3 heteroatoms. The van der Waals surface area contributed by atoms with Crippen molar-refractivity contribution >= 4 is 17.0 Å². The minimum Gasteiger partial charge on any atom is -0.359 e. The van der Waals surface area contributed by atoms with E-state index in [9.17, 15) is 0 Å². The van der Waals surface area contributed by atoms with Crippen LogP contribution >= 0.6 is 0 Å². The molecule has 1 N–H and O–H groups in total. The predicted molar refractivity (Wildman–Crippen MR) is 61.6 cm³/mol. The summed E-state index contributed by atoms with van der Waals surface area (Å²) in [6.45, 7) is 4.00. The molecule has 2 aromatic rings. The lowest BCUT2D eigenvalue weighted by molar-refractivity contribution is 0.952. The zero-order valence-corrected chi connectivity index (χ0v) is 9.20. The lowest BCUT2D eigenvalue weighted by atomic mass is 10.3. The summed E-state index contributed by atoms with van der Waals surface area (Å²) in [5, 5.41) is 3.04. The average Bonchev–Trinajstić information content (AvgIpc) is 2.59. The molecule has 1 heterocycles. The number of imidazole rings is 1. The number of aryl methyl sites for hydroxylation is 1. The Morgan fingerprint density at radius 2 is 1.86 bits per heavy atom. The molecule has 0 radical (unpaired) electrons. The number of hydrogen-bond donors (Lipinski definition) is 1. The minimum absolute atomic E-state index is 0.899. The lowest BCUT2D eigenvalue weighted by Gasteiger charge is -1.98. The van der Waals surface area contributed by atoms with E-state index in [1.807, 2.05) is 50.7 Å². The number of para-hydroxylation sites is 2. The van der Waals surface area contributed by atoms with Gasteiger partial charge in [-0.1, -0.05) is 26.0 Å². The summed E-state index contributed by atoms with van der Waals surface area (Å²) in [5.41, 5.74) is 2.19. The summed E-state index contributed by atoms with van der Waals surface area (Å²) in [6, 6.07) is 8.08. The van der Waals surface area contributed by atoms with Crippen molar-refractivity contribution < 1.29 is 0 Å². The van der Waals surface area contributed by atoms with Crippen LogP contribution in [0.2, 0.25) is 0 Å². The molecule has 0 unspecified atom stereocenters. The first-order valence-corrected chi connectivity index (χ1v) is 4.92. The highest BCUT2D eigenvalue weighted by Crippen LogP contribution is 2.16. The van der Waals surface area contributed by atoms with Gasteiger partial charge in [0.1, 0.15) is 0 Å². The second-order valence-electron chi connectivity index (χ2n) is 2.73. The first-order valence-electron chi connectivity index (χ1n) is 4.92. The van der Waals surface area contributed by atoms with Crippen LogP contribution in [-0.2, 0) is 7.05 Å². The third-order valence-electron chi connectivity index (χ3n) is 2.01. The molecule has 0 bridgehead atoms. The molecular weight excluding hydrogens is 174 g/mol. The molecule has 0 aliphatic carbocycles. The molecule has 3 nitrogen and oxygen atoms in total. The summed E-state index contributed by atoms with van der Waals surface area (Å²) in [4.78, 5) is 4.38. The van der Waals surface area contributed by atoms with E-state index in [0.29, 0.717) is 0 Å². The number of rotatable bonds is 1. The Bertz CT molecular complexity index is 404. The van der Waals surface area contributed by atoms with Gasteiger partial charge in [-0.3, -0.25) is 0 Å². The summed E-state index contributed by atoms with van der Waals surface area (Å²) in [7, 11) is 3.88. The number of anilines is 1. The van der Waals surface area contributed by atoms with Gasteiger partial charge < -0.3 is 9.88 Å². The highest BCUT2D eigenvalue weighted by atomic mass is 15.2. The van der Waals surface area contributed by atoms with E-state index < -0.39 is 0 Å². The van der Waals surface area contributed by atoms with Gasteiger partial charge >= 0.3 is 0 Å². The van der Waals surface area contributed by atoms with Crippen LogP contribution < -0.4 is 5.32 Å². The van der Waals surface area contributed by atoms with E-state index >= 15 is 0 Å². The number of hydrogen-bond acceptors (Lipinski definition) is 2. The van der Waals surface area contributed by atoms with E-state index in [1.54, 1.807) is 0 Å². The van der Waals surface area contributed by atoms with Gasteiger partial charge in [0.2, 0.25) is 5.95 Å². The summed E-state index contributed by atoms with van der Waals surface area (Å²) in [5.74, 6) is 0.899. The fourth-order valence-electron chi connectivity index (χ4n) is 1.37. The Balaban J connectivity index is 0.000000461. The second kappa shape index (κ2) is 4.65. The molecule has 0 saturated carbocycles. The standard InChI is InChI=1S/C9H11N3.C2H6/c1-10-9-11-7-5-3-4-6-8(7)12(9)2;1-2/h3-6H,1-2H3,(H,10,11);1-2H3. The normalized spacial score (nSPS) is 9.43. The Kier molecular flexibility index (Phi) is 3.51. The van der Waals surface area contributed by atoms with Gasteiger partial charge in [0.05, 0.1) is 11.0 Å². The van der Waals surface area contributed by atoms with Crippen LogP contribution in [0.15, 0.2) is 24.3 Å². The average molecular weight is 191 g/mol. The van der Waals surface area contributed by atoms with Crippen molar-refractivity contribution in [2.45, 2.75) is 13.8 Å². The van der Waals surface area contributed by atoms with Crippen molar-refractivity contribution in [3.05, 3.63) is 24.3 Å². The Morgan fingerprint density at radius 1 is 1.21 bits per heavy atom. The van der Waals surface area contributed by atoms with Crippen LogP contribution in [0.4, 0.5) is 5.95 Å². The van der Waals surface area contributed by atoms with Crippen molar-refractivity contribution in [3.8, 4) is 0 Å². The van der Waals surface area contributed by atoms with E-state index in [0.717, 1.165) is 17.0 Å². The summed E-state index contributed by atoms with van der Waals surface area (Å²) in [6.07, 6.45) is 0. The van der Waals surface area contributed by atoms with Crippen LogP contribution in [0.5, 0.6) is 0 Å². The highest BCUT2D eigenvalue weighted by Gasteiger charge is 2.03. The number of fused-ring (bicyclic) bond motifs is 1. The third kappa shape index (κ3) is 1.71. The number of aromatic nitrogens is 2. The topological polar surface area (TPSA) is 29.9 Å². The Hall–Kier alpha value is -1.51. The first kappa shape index (κ1) is 10.6. The Labute approximate surface area is 84.8 Å². The summed E-state index contributed by atoms with van der Waals surface area (Å²) < 4.78 is 2.04. The molecule has 0 aliphatic heterocycles. The van der Waals surface area contributed by atoms with Gasteiger partial charge in [0.25, 0.3) is 0 Å². The van der Waals surface area contributed by atoms with Crippen LogP contribution in [0.3, 0.4) is 0 Å². The smallest absolute Gasteiger partial charge is 0.203 e. The molecule has 0 saturated heterocycles. The quantitative estimate of drug-likeness (QED) is 0.751. The fraction of sp³-hybridized carbons (Fsp3) is 0.364. The Morgan fingerprint density at radius 3 is 2.43 bits per heavy atom. The highest BCUT2D eigenvalue weighted by molar-refractivity contribution is 5.78. The zero-order valence-electron chi connectivity index (χ0n) is 9.20. The van der Waals surface area contributed by atoms with Gasteiger partial charge in [0, 0.05) is 14.1 Å². The molecule has 0 spiro atoms. The molecule has 2 rings (SSSR count). The molecule has 0 amide bonds. The lowest BCUT2D eigenvalue weighted by Crippen LogP contribution is -1.97. The van der Waals surface area contributed by atoms with E-state index in [1.165, 1.54) is 0 Å². The van der Waals surface area contributed by atoms with Gasteiger partial charge in [0.15, 0.2) is 0 Å². The number of nitrogens with one attached hydrogen (secondary N) is 1. The van der Waals surface area contributed by atoms with E-state index in [-0.39, 0.29) is 0 Å². The van der Waals surface area contributed by atoms with Gasteiger partial charge in [-0.25, -0.2) is 4.98 Å². The van der Waals surface area contributed by atoms with Crippen LogP contribution in [-0.4, -0.2) is 16.6 Å². The third-order valence-corrected chi connectivity index (χ3v) is 2.01. The minimum atomic E-state index is 0.899. The molecule has 0 aliphatic rings.